The van der Waals surface area contributed by atoms with Crippen molar-refractivity contribution < 1.29 is 9.53 Å². The minimum absolute atomic E-state index is 0.0822. The third kappa shape index (κ3) is 4.54. The summed E-state index contributed by atoms with van der Waals surface area (Å²) in [5.74, 6) is 0.334. The molecule has 0 unspecified atom stereocenters. The van der Waals surface area contributed by atoms with Crippen molar-refractivity contribution in [3.8, 4) is 16.3 Å². The lowest BCUT2D eigenvalue weighted by Crippen LogP contribution is -2.20. The Morgan fingerprint density at radius 3 is 2.74 bits per heavy atom. The summed E-state index contributed by atoms with van der Waals surface area (Å²) in [4.78, 5) is 17.4. The van der Waals surface area contributed by atoms with E-state index in [-0.39, 0.29) is 12.5 Å². The smallest absolute Gasteiger partial charge is 0.264 e. The highest BCUT2D eigenvalue weighted by molar-refractivity contribution is 9.11. The molecule has 3 aromatic rings. The van der Waals surface area contributed by atoms with E-state index >= 15 is 0 Å². The maximum atomic E-state index is 11.9. The van der Waals surface area contributed by atoms with E-state index in [2.05, 4.69) is 26.2 Å². The fourth-order valence-electron chi connectivity index (χ4n) is 1.73. The summed E-state index contributed by atoms with van der Waals surface area (Å²) >= 11 is 12.2. The average Bonchev–Trinajstić information content (AvgIpc) is 3.16. The second-order valence-corrected chi connectivity index (χ2v) is 8.19. The first-order chi connectivity index (χ1) is 11.1. The van der Waals surface area contributed by atoms with Crippen molar-refractivity contribution in [3.63, 3.8) is 0 Å². The summed E-state index contributed by atoms with van der Waals surface area (Å²) in [7, 11) is 0. The third-order valence-electron chi connectivity index (χ3n) is 2.76. The number of amides is 1. The van der Waals surface area contributed by atoms with Crippen molar-refractivity contribution in [1.29, 1.82) is 0 Å². The normalized spacial score (nSPS) is 10.5. The number of rotatable bonds is 5. The van der Waals surface area contributed by atoms with Gasteiger partial charge in [0.25, 0.3) is 5.91 Å². The zero-order valence-electron chi connectivity index (χ0n) is 11.6. The molecule has 0 bridgehead atoms. The molecule has 23 heavy (non-hydrogen) atoms. The Morgan fingerprint density at radius 1 is 1.26 bits per heavy atom. The second-order valence-electron chi connectivity index (χ2n) is 4.43. The fraction of sp³-hybridized carbons (Fsp3) is 0.0667. The predicted molar refractivity (Wildman–Crippen MR) is 98.7 cm³/mol. The standard InChI is InChI=1S/C15H10BrClN2O2S2/c16-13-6-5-12(23-13)11-8-22-15(18-11)19-14(20)7-21-10-3-1-9(17)2-4-10/h1-6,8H,7H2,(H,18,19,20). The number of carbonyl (C=O) groups is 1. The monoisotopic (exact) mass is 428 g/mol. The number of carbonyl (C=O) groups excluding carboxylic acids is 1. The summed E-state index contributed by atoms with van der Waals surface area (Å²) in [5.41, 5.74) is 0.847. The summed E-state index contributed by atoms with van der Waals surface area (Å²) in [5, 5.41) is 5.81. The highest BCUT2D eigenvalue weighted by Crippen LogP contribution is 2.33. The highest BCUT2D eigenvalue weighted by Gasteiger charge is 2.10. The van der Waals surface area contributed by atoms with Crippen LogP contribution < -0.4 is 10.1 Å². The van der Waals surface area contributed by atoms with Crippen molar-refractivity contribution in [1.82, 2.24) is 4.98 Å². The number of aromatic nitrogens is 1. The molecule has 0 aliphatic rings. The molecule has 1 N–H and O–H groups in total. The van der Waals surface area contributed by atoms with E-state index in [0.717, 1.165) is 14.4 Å². The first-order valence-corrected chi connectivity index (χ1v) is 9.36. The van der Waals surface area contributed by atoms with Crippen molar-refractivity contribution in [2.24, 2.45) is 0 Å². The molecule has 4 nitrogen and oxygen atoms in total. The zero-order valence-corrected chi connectivity index (χ0v) is 15.6. The van der Waals surface area contributed by atoms with Crippen LogP contribution in [0, 0.1) is 0 Å². The van der Waals surface area contributed by atoms with Gasteiger partial charge in [-0.25, -0.2) is 4.98 Å². The number of benzene rings is 1. The van der Waals surface area contributed by atoms with Crippen LogP contribution in [0.15, 0.2) is 45.6 Å². The van der Waals surface area contributed by atoms with Gasteiger partial charge < -0.3 is 4.74 Å². The van der Waals surface area contributed by atoms with Gasteiger partial charge >= 0.3 is 0 Å². The van der Waals surface area contributed by atoms with E-state index in [1.54, 1.807) is 35.6 Å². The molecule has 0 spiro atoms. The molecule has 2 aromatic heterocycles. The molecule has 0 radical (unpaired) electrons. The van der Waals surface area contributed by atoms with Crippen molar-refractivity contribution >= 4 is 61.2 Å². The topological polar surface area (TPSA) is 51.2 Å². The molecule has 1 amide bonds. The first kappa shape index (κ1) is 16.4. The number of anilines is 1. The molecule has 1 aromatic carbocycles. The van der Waals surface area contributed by atoms with Gasteiger partial charge in [-0.1, -0.05) is 11.6 Å². The van der Waals surface area contributed by atoms with E-state index in [1.165, 1.54) is 11.3 Å². The molecule has 3 rings (SSSR count). The van der Waals surface area contributed by atoms with Crippen LogP contribution in [0.4, 0.5) is 5.13 Å². The predicted octanol–water partition coefficient (Wildman–Crippen LogP) is 5.31. The lowest BCUT2D eigenvalue weighted by Gasteiger charge is -2.05. The number of nitrogens with zero attached hydrogens (tertiary/aromatic N) is 1. The lowest BCUT2D eigenvalue weighted by atomic mass is 10.3. The first-order valence-electron chi connectivity index (χ1n) is 6.49. The highest BCUT2D eigenvalue weighted by atomic mass is 79.9. The van der Waals surface area contributed by atoms with Gasteiger partial charge in [-0.05, 0) is 52.3 Å². The number of hydrogen-bond acceptors (Lipinski definition) is 5. The lowest BCUT2D eigenvalue weighted by molar-refractivity contribution is -0.118. The molecule has 0 saturated carbocycles. The molecular weight excluding hydrogens is 420 g/mol. The van der Waals surface area contributed by atoms with Gasteiger partial charge in [0.1, 0.15) is 5.75 Å². The van der Waals surface area contributed by atoms with Crippen LogP contribution in [-0.2, 0) is 4.79 Å². The van der Waals surface area contributed by atoms with Crippen LogP contribution in [0.5, 0.6) is 5.75 Å². The Morgan fingerprint density at radius 2 is 2.04 bits per heavy atom. The third-order valence-corrected chi connectivity index (χ3v) is 5.42. The van der Waals surface area contributed by atoms with Crippen molar-refractivity contribution in [3.05, 3.63) is 50.6 Å². The Hall–Kier alpha value is -1.41. The largest absolute Gasteiger partial charge is 0.484 e. The molecule has 2 heterocycles. The van der Waals surface area contributed by atoms with E-state index in [4.69, 9.17) is 16.3 Å². The number of thiophene rings is 1. The van der Waals surface area contributed by atoms with Gasteiger partial charge in [-0.15, -0.1) is 22.7 Å². The number of hydrogen-bond donors (Lipinski definition) is 1. The van der Waals surface area contributed by atoms with Gasteiger partial charge in [0, 0.05) is 10.4 Å². The van der Waals surface area contributed by atoms with Crippen LogP contribution in [-0.4, -0.2) is 17.5 Å². The van der Waals surface area contributed by atoms with Crippen molar-refractivity contribution in [2.75, 3.05) is 11.9 Å². The summed E-state index contributed by atoms with van der Waals surface area (Å²) in [6.07, 6.45) is 0. The second kappa shape index (κ2) is 7.44. The molecule has 118 valence electrons. The quantitative estimate of drug-likeness (QED) is 0.598. The Balaban J connectivity index is 1.56. The Bertz CT molecular complexity index is 817. The van der Waals surface area contributed by atoms with Gasteiger partial charge in [0.05, 0.1) is 14.4 Å². The summed E-state index contributed by atoms with van der Waals surface area (Å²) in [6, 6.07) is 10.8. The van der Waals surface area contributed by atoms with Crippen LogP contribution in [0.2, 0.25) is 5.02 Å². The molecule has 0 aliphatic heterocycles. The maximum absolute atomic E-state index is 11.9. The SMILES string of the molecule is O=C(COc1ccc(Cl)cc1)Nc1nc(-c2ccc(Br)s2)cs1. The van der Waals surface area contributed by atoms with Crippen LogP contribution >= 0.6 is 50.2 Å². The molecule has 8 heteroatoms. The van der Waals surface area contributed by atoms with Crippen molar-refractivity contribution in [2.45, 2.75) is 0 Å². The van der Waals surface area contributed by atoms with Gasteiger partial charge in [-0.2, -0.15) is 0 Å². The van der Waals surface area contributed by atoms with E-state index in [0.29, 0.717) is 15.9 Å². The molecule has 0 atom stereocenters. The number of halogens is 2. The summed E-state index contributed by atoms with van der Waals surface area (Å²) in [6.45, 7) is -0.0822. The number of nitrogens with one attached hydrogen (secondary N) is 1. The molecular formula is C15H10BrClN2O2S2. The Kier molecular flexibility index (Phi) is 5.32. The maximum Gasteiger partial charge on any atom is 0.264 e. The number of ether oxygens (including phenoxy) is 1. The average molecular weight is 430 g/mol. The van der Waals surface area contributed by atoms with E-state index in [9.17, 15) is 4.79 Å². The Labute approximate surface area is 154 Å². The molecule has 0 saturated heterocycles. The fourth-order valence-corrected chi connectivity index (χ4v) is 4.01. The number of thiazole rings is 1. The van der Waals surface area contributed by atoms with Crippen LogP contribution in [0.25, 0.3) is 10.6 Å². The molecule has 0 fully saturated rings. The summed E-state index contributed by atoms with van der Waals surface area (Å²) < 4.78 is 6.44. The zero-order chi connectivity index (χ0) is 16.2. The van der Waals surface area contributed by atoms with E-state index in [1.807, 2.05) is 17.5 Å². The van der Waals surface area contributed by atoms with Gasteiger partial charge in [0.2, 0.25) is 0 Å². The minimum Gasteiger partial charge on any atom is -0.484 e. The van der Waals surface area contributed by atoms with Crippen LogP contribution in [0.1, 0.15) is 0 Å². The molecule has 0 aliphatic carbocycles. The van der Waals surface area contributed by atoms with Gasteiger partial charge in [0.15, 0.2) is 11.7 Å². The van der Waals surface area contributed by atoms with E-state index < -0.39 is 0 Å². The van der Waals surface area contributed by atoms with Gasteiger partial charge in [-0.3, -0.25) is 10.1 Å². The van der Waals surface area contributed by atoms with Crippen LogP contribution in [0.3, 0.4) is 0 Å². The minimum atomic E-state index is -0.256.